The van der Waals surface area contributed by atoms with Crippen molar-refractivity contribution in [1.82, 2.24) is 0 Å². The molecule has 0 atom stereocenters. The van der Waals surface area contributed by atoms with Crippen LogP contribution in [0.25, 0.3) is 0 Å². The zero-order chi connectivity index (χ0) is 17.6. The maximum absolute atomic E-state index is 11.9. The summed E-state index contributed by atoms with van der Waals surface area (Å²) in [5.74, 6) is 0. The second kappa shape index (κ2) is 22.9. The van der Waals surface area contributed by atoms with E-state index in [1.807, 2.05) is 0 Å². The lowest BCUT2D eigenvalue weighted by atomic mass is 10.0. The quantitative estimate of drug-likeness (QED) is 0.192. The number of alkyl halides is 1. The zero-order valence-corrected chi connectivity index (χ0v) is 16.6. The minimum atomic E-state index is -0.132. The van der Waals surface area contributed by atoms with Gasteiger partial charge in [-0.3, -0.25) is 4.39 Å². The third kappa shape index (κ3) is 21.9. The van der Waals surface area contributed by atoms with Crippen molar-refractivity contribution in [3.63, 3.8) is 0 Å². The molecule has 0 bridgehead atoms. The molecule has 0 radical (unpaired) electrons. The molecular weight excluding hydrogens is 299 g/mol. The van der Waals surface area contributed by atoms with Crippen LogP contribution in [-0.2, 0) is 4.74 Å². The van der Waals surface area contributed by atoms with Gasteiger partial charge in [-0.25, -0.2) is 0 Å². The summed E-state index contributed by atoms with van der Waals surface area (Å²) in [5.41, 5.74) is 0. The molecular formula is C22H45FO. The van der Waals surface area contributed by atoms with E-state index in [0.29, 0.717) is 0 Å². The van der Waals surface area contributed by atoms with Crippen molar-refractivity contribution < 1.29 is 9.13 Å². The van der Waals surface area contributed by atoms with Crippen LogP contribution in [0.2, 0.25) is 0 Å². The van der Waals surface area contributed by atoms with Gasteiger partial charge in [0.15, 0.2) is 0 Å². The Labute approximate surface area is 152 Å². The van der Waals surface area contributed by atoms with Crippen molar-refractivity contribution in [3.05, 3.63) is 0 Å². The average molecular weight is 345 g/mol. The maximum atomic E-state index is 11.9. The molecule has 0 rings (SSSR count). The van der Waals surface area contributed by atoms with Crippen molar-refractivity contribution >= 4 is 0 Å². The highest BCUT2D eigenvalue weighted by Crippen LogP contribution is 2.13. The summed E-state index contributed by atoms with van der Waals surface area (Å²) in [6.07, 6.45) is 23.4. The molecule has 2 heteroatoms. The molecule has 0 aliphatic heterocycles. The molecule has 0 N–H and O–H groups in total. The van der Waals surface area contributed by atoms with Crippen LogP contribution in [0.15, 0.2) is 0 Å². The number of halogens is 1. The highest BCUT2D eigenvalue weighted by atomic mass is 19.1. The van der Waals surface area contributed by atoms with Crippen molar-refractivity contribution in [2.45, 2.75) is 122 Å². The molecule has 0 aliphatic carbocycles. The van der Waals surface area contributed by atoms with Crippen LogP contribution < -0.4 is 0 Å². The Morgan fingerprint density at radius 2 is 0.792 bits per heavy atom. The van der Waals surface area contributed by atoms with E-state index in [-0.39, 0.29) is 6.67 Å². The molecule has 0 fully saturated rings. The Hall–Kier alpha value is -0.110. The molecule has 0 saturated heterocycles. The second-order valence-corrected chi connectivity index (χ2v) is 7.31. The fraction of sp³-hybridized carbons (Fsp3) is 1.00. The van der Waals surface area contributed by atoms with Crippen LogP contribution in [0.3, 0.4) is 0 Å². The molecule has 0 aromatic rings. The normalized spacial score (nSPS) is 11.2. The van der Waals surface area contributed by atoms with Gasteiger partial charge in [-0.05, 0) is 19.3 Å². The van der Waals surface area contributed by atoms with Crippen molar-refractivity contribution in [3.8, 4) is 0 Å². The lowest BCUT2D eigenvalue weighted by Crippen LogP contribution is -1.96. The number of unbranched alkanes of at least 4 members (excludes halogenated alkanes) is 16. The largest absolute Gasteiger partial charge is 0.381 e. The van der Waals surface area contributed by atoms with Crippen molar-refractivity contribution in [2.75, 3.05) is 19.9 Å². The van der Waals surface area contributed by atoms with Gasteiger partial charge in [-0.15, -0.1) is 0 Å². The Bertz CT molecular complexity index is 186. The van der Waals surface area contributed by atoms with E-state index in [9.17, 15) is 4.39 Å². The van der Waals surface area contributed by atoms with Crippen molar-refractivity contribution in [1.29, 1.82) is 0 Å². The Morgan fingerprint density at radius 1 is 0.458 bits per heavy atom. The monoisotopic (exact) mass is 344 g/mol. The Balaban J connectivity index is 2.93. The van der Waals surface area contributed by atoms with E-state index in [1.54, 1.807) is 0 Å². The first-order valence-electron chi connectivity index (χ1n) is 11.1. The maximum Gasteiger partial charge on any atom is 0.0894 e. The van der Waals surface area contributed by atoms with E-state index in [2.05, 4.69) is 6.92 Å². The first kappa shape index (κ1) is 23.9. The number of rotatable bonds is 21. The first-order valence-corrected chi connectivity index (χ1v) is 11.1. The van der Waals surface area contributed by atoms with E-state index in [4.69, 9.17) is 4.74 Å². The Morgan fingerprint density at radius 3 is 1.17 bits per heavy atom. The molecule has 0 saturated carbocycles. The van der Waals surface area contributed by atoms with E-state index in [1.165, 1.54) is 103 Å². The van der Waals surface area contributed by atoms with Crippen molar-refractivity contribution in [2.24, 2.45) is 0 Å². The lowest BCUT2D eigenvalue weighted by Gasteiger charge is -2.04. The predicted octanol–water partition coefficient (Wildman–Crippen LogP) is 8.01. The van der Waals surface area contributed by atoms with Gasteiger partial charge in [0.1, 0.15) is 0 Å². The van der Waals surface area contributed by atoms with Crippen LogP contribution in [-0.4, -0.2) is 19.9 Å². The van der Waals surface area contributed by atoms with Crippen LogP contribution in [0.4, 0.5) is 4.39 Å². The number of hydrogen-bond donors (Lipinski definition) is 0. The fourth-order valence-electron chi connectivity index (χ4n) is 3.15. The standard InChI is InChI=1S/C22H45FO/c1-2-3-18-21-24-22-19-16-14-12-10-8-6-4-5-7-9-11-13-15-17-20-23/h2-22H2,1H3. The van der Waals surface area contributed by atoms with Gasteiger partial charge in [0.25, 0.3) is 0 Å². The molecule has 0 spiro atoms. The fourth-order valence-corrected chi connectivity index (χ4v) is 3.15. The minimum Gasteiger partial charge on any atom is -0.381 e. The molecule has 146 valence electrons. The van der Waals surface area contributed by atoms with Crippen LogP contribution in [0.5, 0.6) is 0 Å². The molecule has 0 aromatic carbocycles. The summed E-state index contributed by atoms with van der Waals surface area (Å²) >= 11 is 0. The molecule has 24 heavy (non-hydrogen) atoms. The molecule has 0 unspecified atom stereocenters. The number of hydrogen-bond acceptors (Lipinski definition) is 1. The topological polar surface area (TPSA) is 9.23 Å². The average Bonchev–Trinajstić information content (AvgIpc) is 2.60. The second-order valence-electron chi connectivity index (χ2n) is 7.31. The van der Waals surface area contributed by atoms with E-state index < -0.39 is 0 Å². The van der Waals surface area contributed by atoms with Gasteiger partial charge in [0.2, 0.25) is 0 Å². The highest BCUT2D eigenvalue weighted by Gasteiger charge is 1.95. The lowest BCUT2D eigenvalue weighted by molar-refractivity contribution is 0.126. The minimum absolute atomic E-state index is 0.132. The summed E-state index contributed by atoms with van der Waals surface area (Å²) in [6.45, 7) is 4.04. The summed E-state index contributed by atoms with van der Waals surface area (Å²) < 4.78 is 17.6. The Kier molecular flexibility index (Phi) is 22.8. The first-order chi connectivity index (χ1) is 11.9. The summed E-state index contributed by atoms with van der Waals surface area (Å²) in [6, 6.07) is 0. The molecule has 0 aliphatic rings. The van der Waals surface area contributed by atoms with Gasteiger partial charge in [0.05, 0.1) is 6.67 Å². The molecule has 0 heterocycles. The SMILES string of the molecule is CCCCCOCCCCCCCCCCCCCCCCCF. The summed E-state index contributed by atoms with van der Waals surface area (Å²) in [4.78, 5) is 0. The summed E-state index contributed by atoms with van der Waals surface area (Å²) in [7, 11) is 0. The van der Waals surface area contributed by atoms with Crippen LogP contribution >= 0.6 is 0 Å². The predicted molar refractivity (Wildman–Crippen MR) is 106 cm³/mol. The van der Waals surface area contributed by atoms with Gasteiger partial charge in [0, 0.05) is 13.2 Å². The zero-order valence-electron chi connectivity index (χ0n) is 16.6. The summed E-state index contributed by atoms with van der Waals surface area (Å²) in [5, 5.41) is 0. The highest BCUT2D eigenvalue weighted by molar-refractivity contribution is 4.50. The van der Waals surface area contributed by atoms with Crippen LogP contribution in [0.1, 0.15) is 122 Å². The van der Waals surface area contributed by atoms with Gasteiger partial charge in [-0.1, -0.05) is 103 Å². The molecule has 0 aromatic heterocycles. The van der Waals surface area contributed by atoms with Gasteiger partial charge >= 0.3 is 0 Å². The van der Waals surface area contributed by atoms with E-state index >= 15 is 0 Å². The smallest absolute Gasteiger partial charge is 0.0894 e. The third-order valence-electron chi connectivity index (χ3n) is 4.81. The van der Waals surface area contributed by atoms with E-state index in [0.717, 1.165) is 26.1 Å². The van der Waals surface area contributed by atoms with Crippen LogP contribution in [0, 0.1) is 0 Å². The van der Waals surface area contributed by atoms with Gasteiger partial charge < -0.3 is 4.74 Å². The molecule has 0 amide bonds. The third-order valence-corrected chi connectivity index (χ3v) is 4.81. The molecule has 1 nitrogen and oxygen atoms in total. The number of ether oxygens (including phenoxy) is 1. The van der Waals surface area contributed by atoms with Gasteiger partial charge in [-0.2, -0.15) is 0 Å².